The lowest BCUT2D eigenvalue weighted by atomic mass is 9.89. The van der Waals surface area contributed by atoms with E-state index >= 15 is 0 Å². The maximum Gasteiger partial charge on any atom is 0.257 e. The molecule has 0 N–H and O–H groups in total. The van der Waals surface area contributed by atoms with Crippen LogP contribution >= 0.6 is 8.30 Å². The first-order chi connectivity index (χ1) is 17.6. The zero-order chi connectivity index (χ0) is 24.9. The van der Waals surface area contributed by atoms with Crippen molar-refractivity contribution in [3.8, 4) is 5.75 Å². The summed E-state index contributed by atoms with van der Waals surface area (Å²) in [6, 6.07) is 12.2. The minimum Gasteiger partial charge on any atom is -0.493 e. The van der Waals surface area contributed by atoms with Crippen LogP contribution in [0.15, 0.2) is 84.0 Å². The molecule has 0 amide bonds. The van der Waals surface area contributed by atoms with E-state index in [0.29, 0.717) is 19.0 Å². The third kappa shape index (κ3) is 6.16. The first-order valence-electron chi connectivity index (χ1n) is 12.0. The molecule has 188 valence electrons. The highest BCUT2D eigenvalue weighted by Gasteiger charge is 2.32. The second-order valence-electron chi connectivity index (χ2n) is 8.78. The van der Waals surface area contributed by atoms with Crippen molar-refractivity contribution < 1.29 is 23.3 Å². The fraction of sp³-hybridized carbons (Fsp3) is 0.346. The number of halogens is 1. The third-order valence-electron chi connectivity index (χ3n) is 6.21. The van der Waals surface area contributed by atoms with Crippen LogP contribution < -0.4 is 4.74 Å². The van der Waals surface area contributed by atoms with Gasteiger partial charge in [-0.1, -0.05) is 30.3 Å². The van der Waals surface area contributed by atoms with E-state index in [1.807, 2.05) is 18.2 Å². The largest absolute Gasteiger partial charge is 0.493 e. The van der Waals surface area contributed by atoms with Crippen LogP contribution in [0.25, 0.3) is 0 Å². The second kappa shape index (κ2) is 11.3. The van der Waals surface area contributed by atoms with Crippen LogP contribution in [0.2, 0.25) is 0 Å². The summed E-state index contributed by atoms with van der Waals surface area (Å²) in [6.45, 7) is 3.16. The number of fused-ring (bicyclic) bond motifs is 1. The Morgan fingerprint density at radius 1 is 1.19 bits per heavy atom. The molecule has 0 saturated carbocycles. The van der Waals surface area contributed by atoms with Crippen molar-refractivity contribution >= 4 is 8.30 Å². The third-order valence-corrected chi connectivity index (χ3v) is 8.35. The number of pyridine rings is 1. The van der Waals surface area contributed by atoms with Crippen LogP contribution in [0, 0.1) is 22.0 Å². The Morgan fingerprint density at radius 2 is 2.03 bits per heavy atom. The SMILES string of the molecule is O=[N+]([O-])C1C=C(Oc2cccnc2F)C=C2C(=C1)OCC[C@@H]2CCOP(Cc1ccccc1)N1CC1. The van der Waals surface area contributed by atoms with E-state index in [-0.39, 0.29) is 17.4 Å². The van der Waals surface area contributed by atoms with E-state index in [2.05, 4.69) is 21.8 Å². The number of rotatable bonds is 10. The van der Waals surface area contributed by atoms with Gasteiger partial charge in [0.05, 0.1) is 13.2 Å². The molecule has 8 nitrogen and oxygen atoms in total. The summed E-state index contributed by atoms with van der Waals surface area (Å²) < 4.78 is 34.4. The van der Waals surface area contributed by atoms with Crippen LogP contribution in [-0.4, -0.2) is 46.9 Å². The van der Waals surface area contributed by atoms with Gasteiger partial charge in [-0.2, -0.15) is 4.39 Å². The van der Waals surface area contributed by atoms with Crippen molar-refractivity contribution in [2.75, 3.05) is 26.3 Å². The number of hydrogen-bond acceptors (Lipinski definition) is 7. The van der Waals surface area contributed by atoms with Crippen LogP contribution in [0.4, 0.5) is 4.39 Å². The van der Waals surface area contributed by atoms with Crippen LogP contribution in [-0.2, 0) is 15.4 Å². The summed E-state index contributed by atoms with van der Waals surface area (Å²) in [6.07, 6.45) is 8.28. The predicted octanol–water partition coefficient (Wildman–Crippen LogP) is 5.22. The normalized spacial score (nSPS) is 22.2. The molecule has 0 radical (unpaired) electrons. The number of nitrogens with zero attached hydrogens (tertiary/aromatic N) is 3. The Balaban J connectivity index is 1.30. The molecule has 2 unspecified atom stereocenters. The number of benzene rings is 1. The minimum atomic E-state index is -1.15. The van der Waals surface area contributed by atoms with Gasteiger partial charge in [-0.3, -0.25) is 14.8 Å². The van der Waals surface area contributed by atoms with E-state index in [4.69, 9.17) is 14.0 Å². The highest BCUT2D eigenvalue weighted by molar-refractivity contribution is 7.49. The lowest BCUT2D eigenvalue weighted by Gasteiger charge is -2.29. The zero-order valence-corrected chi connectivity index (χ0v) is 20.6. The Kier molecular flexibility index (Phi) is 7.70. The van der Waals surface area contributed by atoms with E-state index in [1.54, 1.807) is 12.1 Å². The van der Waals surface area contributed by atoms with Gasteiger partial charge in [-0.25, -0.2) is 4.98 Å². The lowest BCUT2D eigenvalue weighted by Crippen LogP contribution is -2.21. The predicted molar refractivity (Wildman–Crippen MR) is 133 cm³/mol. The highest BCUT2D eigenvalue weighted by Crippen LogP contribution is 2.49. The van der Waals surface area contributed by atoms with Crippen molar-refractivity contribution in [3.05, 3.63) is 106 Å². The molecule has 5 rings (SSSR count). The number of ether oxygens (including phenoxy) is 2. The molecule has 2 aromatic rings. The van der Waals surface area contributed by atoms with Crippen molar-refractivity contribution in [3.63, 3.8) is 0 Å². The fourth-order valence-electron chi connectivity index (χ4n) is 4.25. The molecule has 10 heteroatoms. The maximum absolute atomic E-state index is 14.1. The monoisotopic (exact) mass is 511 g/mol. The zero-order valence-electron chi connectivity index (χ0n) is 19.7. The molecule has 36 heavy (non-hydrogen) atoms. The standard InChI is InChI=1S/C26H27FN3O5P/c27-26-24(7-4-10-28-26)35-22-15-21(30(31)32)16-25-23(17-22)20(8-13-33-25)9-14-34-36(29-11-12-29)18-19-5-2-1-3-6-19/h1-7,10,15-17,20-21H,8-9,11-14,18H2/t20-,21?,36?/m1/s1. The average Bonchev–Trinajstić information content (AvgIpc) is 3.73. The highest BCUT2D eigenvalue weighted by atomic mass is 31.2. The molecule has 0 bridgehead atoms. The minimum absolute atomic E-state index is 0.0732. The topological polar surface area (TPSA) is 86.7 Å². The van der Waals surface area contributed by atoms with Crippen molar-refractivity contribution in [1.82, 2.24) is 9.65 Å². The Bertz CT molecular complexity index is 1190. The lowest BCUT2D eigenvalue weighted by molar-refractivity contribution is -0.497. The van der Waals surface area contributed by atoms with Crippen LogP contribution in [0.1, 0.15) is 18.4 Å². The van der Waals surface area contributed by atoms with Crippen LogP contribution in [0.5, 0.6) is 5.75 Å². The van der Waals surface area contributed by atoms with Gasteiger partial charge in [-0.05, 0) is 42.5 Å². The van der Waals surface area contributed by atoms with Gasteiger partial charge < -0.3 is 14.0 Å². The van der Waals surface area contributed by atoms with Gasteiger partial charge in [0.2, 0.25) is 0 Å². The molecule has 3 atom stereocenters. The maximum atomic E-state index is 14.1. The molecule has 1 aliphatic carbocycles. The van der Waals surface area contributed by atoms with Crippen LogP contribution in [0.3, 0.4) is 0 Å². The van der Waals surface area contributed by atoms with Gasteiger partial charge in [0.15, 0.2) is 5.75 Å². The van der Waals surface area contributed by atoms with E-state index in [0.717, 1.165) is 37.7 Å². The first kappa shape index (κ1) is 24.6. The Morgan fingerprint density at radius 3 is 2.78 bits per heavy atom. The van der Waals surface area contributed by atoms with Gasteiger partial charge in [-0.15, -0.1) is 0 Å². The molecule has 3 aliphatic rings. The number of aromatic nitrogens is 1. The molecular formula is C26H27FN3O5P. The summed E-state index contributed by atoms with van der Waals surface area (Å²) in [5, 5.41) is 11.7. The number of allylic oxidation sites excluding steroid dienone is 2. The summed E-state index contributed by atoms with van der Waals surface area (Å²) in [5.74, 6) is -0.126. The van der Waals surface area contributed by atoms with Gasteiger partial charge in [0.25, 0.3) is 12.0 Å². The smallest absolute Gasteiger partial charge is 0.257 e. The molecule has 1 aromatic heterocycles. The molecule has 2 aliphatic heterocycles. The van der Waals surface area contributed by atoms with Crippen molar-refractivity contribution in [2.45, 2.75) is 25.0 Å². The molecule has 1 aromatic carbocycles. The Labute approximate surface area is 210 Å². The second-order valence-corrected chi connectivity index (χ2v) is 10.6. The quantitative estimate of drug-likeness (QED) is 0.142. The van der Waals surface area contributed by atoms with E-state index < -0.39 is 25.2 Å². The molecule has 3 heterocycles. The van der Waals surface area contributed by atoms with E-state index in [9.17, 15) is 14.5 Å². The van der Waals surface area contributed by atoms with Crippen molar-refractivity contribution in [2.24, 2.45) is 5.92 Å². The summed E-state index contributed by atoms with van der Waals surface area (Å²) >= 11 is 0. The van der Waals surface area contributed by atoms with E-state index in [1.165, 1.54) is 30.0 Å². The first-order valence-corrected chi connectivity index (χ1v) is 13.4. The summed E-state index contributed by atoms with van der Waals surface area (Å²) in [4.78, 5) is 14.8. The van der Waals surface area contributed by atoms with Gasteiger partial charge in [0, 0.05) is 48.1 Å². The average molecular weight is 511 g/mol. The molecule has 2 saturated heterocycles. The van der Waals surface area contributed by atoms with Gasteiger partial charge >= 0.3 is 0 Å². The number of nitro groups is 1. The summed E-state index contributed by atoms with van der Waals surface area (Å²) in [5.41, 5.74) is 2.07. The van der Waals surface area contributed by atoms with Gasteiger partial charge in [0.1, 0.15) is 19.8 Å². The Hall–Kier alpha value is -3.13. The molecule has 0 spiro atoms. The number of hydrogen-bond donors (Lipinski definition) is 0. The molecular weight excluding hydrogens is 484 g/mol. The molecule has 2 fully saturated rings. The van der Waals surface area contributed by atoms with Crippen molar-refractivity contribution in [1.29, 1.82) is 0 Å². The summed E-state index contributed by atoms with van der Waals surface area (Å²) in [7, 11) is -0.704. The fourth-order valence-corrected chi connectivity index (χ4v) is 6.08.